The van der Waals surface area contributed by atoms with Crippen molar-refractivity contribution in [3.05, 3.63) is 59.0 Å². The van der Waals surface area contributed by atoms with Crippen molar-refractivity contribution < 1.29 is 23.5 Å². The largest absolute Gasteiger partial charge is 0.467 e. The molecule has 0 saturated carbocycles. The molecule has 1 aromatic carbocycles. The van der Waals surface area contributed by atoms with Crippen molar-refractivity contribution in [3.63, 3.8) is 0 Å². The average Bonchev–Trinajstić information content (AvgIpc) is 3.37. The van der Waals surface area contributed by atoms with E-state index in [1.54, 1.807) is 24.3 Å². The Labute approximate surface area is 181 Å². The van der Waals surface area contributed by atoms with Gasteiger partial charge < -0.3 is 14.5 Å². The molecule has 1 unspecified atom stereocenters. The lowest BCUT2D eigenvalue weighted by Gasteiger charge is -2.36. The Morgan fingerprint density at radius 1 is 1.10 bits per heavy atom. The van der Waals surface area contributed by atoms with Crippen LogP contribution in [0.5, 0.6) is 0 Å². The van der Waals surface area contributed by atoms with Crippen molar-refractivity contribution in [1.82, 2.24) is 15.1 Å². The highest BCUT2D eigenvalue weighted by atomic mass is 16.5. The summed E-state index contributed by atoms with van der Waals surface area (Å²) in [6.45, 7) is 7.94. The molecule has 1 atom stereocenters. The SMILES string of the molecule is CC(C)C(CNC(=O)c1ccc2c(c1)C(=O)N(Cc1ccco1)C2=O)N1CCOCC1. The molecule has 1 saturated heterocycles. The molecular weight excluding hydrogens is 398 g/mol. The molecule has 8 heteroatoms. The second-order valence-electron chi connectivity index (χ2n) is 8.21. The van der Waals surface area contributed by atoms with Crippen LogP contribution in [-0.4, -0.2) is 66.4 Å². The second-order valence-corrected chi connectivity index (χ2v) is 8.21. The minimum Gasteiger partial charge on any atom is -0.467 e. The van der Waals surface area contributed by atoms with Gasteiger partial charge in [0.2, 0.25) is 0 Å². The van der Waals surface area contributed by atoms with Gasteiger partial charge in [0.1, 0.15) is 5.76 Å². The number of rotatable bonds is 7. The van der Waals surface area contributed by atoms with E-state index in [1.807, 2.05) is 0 Å². The summed E-state index contributed by atoms with van der Waals surface area (Å²) >= 11 is 0. The smallest absolute Gasteiger partial charge is 0.261 e. The van der Waals surface area contributed by atoms with Gasteiger partial charge in [0.25, 0.3) is 17.7 Å². The maximum absolute atomic E-state index is 12.8. The number of hydrogen-bond donors (Lipinski definition) is 1. The maximum Gasteiger partial charge on any atom is 0.261 e. The minimum atomic E-state index is -0.417. The van der Waals surface area contributed by atoms with Crippen LogP contribution < -0.4 is 5.32 Å². The molecule has 2 aromatic rings. The van der Waals surface area contributed by atoms with Crippen molar-refractivity contribution in [2.75, 3.05) is 32.8 Å². The van der Waals surface area contributed by atoms with E-state index < -0.39 is 5.91 Å². The molecule has 1 fully saturated rings. The van der Waals surface area contributed by atoms with Gasteiger partial charge in [-0.3, -0.25) is 24.2 Å². The Balaban J connectivity index is 1.44. The van der Waals surface area contributed by atoms with Crippen LogP contribution in [0.2, 0.25) is 0 Å². The first-order valence-electron chi connectivity index (χ1n) is 10.6. The van der Waals surface area contributed by atoms with Crippen molar-refractivity contribution in [3.8, 4) is 0 Å². The maximum atomic E-state index is 12.8. The number of ether oxygens (including phenoxy) is 1. The highest BCUT2D eigenvalue weighted by Crippen LogP contribution is 2.26. The van der Waals surface area contributed by atoms with Crippen molar-refractivity contribution in [2.45, 2.75) is 26.4 Å². The fraction of sp³-hybridized carbons (Fsp3) is 0.435. The third-order valence-electron chi connectivity index (χ3n) is 5.88. The highest BCUT2D eigenvalue weighted by molar-refractivity contribution is 6.22. The van der Waals surface area contributed by atoms with Crippen LogP contribution in [0.3, 0.4) is 0 Å². The molecule has 3 amide bonds. The van der Waals surface area contributed by atoms with E-state index in [0.29, 0.717) is 42.6 Å². The zero-order chi connectivity index (χ0) is 22.0. The third kappa shape index (κ3) is 4.40. The van der Waals surface area contributed by atoms with Gasteiger partial charge in [0.05, 0.1) is 37.1 Å². The number of furan rings is 1. The topological polar surface area (TPSA) is 92.1 Å². The molecule has 8 nitrogen and oxygen atoms in total. The molecule has 2 aliphatic rings. The van der Waals surface area contributed by atoms with Crippen molar-refractivity contribution >= 4 is 17.7 Å². The molecule has 1 N–H and O–H groups in total. The van der Waals surface area contributed by atoms with Gasteiger partial charge in [-0.1, -0.05) is 13.8 Å². The molecule has 0 spiro atoms. The standard InChI is InChI=1S/C23H27N3O5/c1-15(2)20(25-7-10-30-11-8-25)13-24-21(27)16-5-6-18-19(12-16)23(29)26(22(18)28)14-17-4-3-9-31-17/h3-6,9,12,15,20H,7-8,10-11,13-14H2,1-2H3,(H,24,27). The number of carbonyl (C=O) groups excluding carboxylic acids is 3. The van der Waals surface area contributed by atoms with Gasteiger partial charge in [0, 0.05) is 31.2 Å². The predicted octanol–water partition coefficient (Wildman–Crippen LogP) is 2.16. The summed E-state index contributed by atoms with van der Waals surface area (Å²) in [4.78, 5) is 41.7. The Morgan fingerprint density at radius 2 is 1.84 bits per heavy atom. The summed E-state index contributed by atoms with van der Waals surface area (Å²) in [5, 5.41) is 3.00. The number of hydrogen-bond acceptors (Lipinski definition) is 6. The Kier molecular flexibility index (Phi) is 6.20. The van der Waals surface area contributed by atoms with E-state index in [1.165, 1.54) is 12.3 Å². The van der Waals surface area contributed by atoms with Gasteiger partial charge >= 0.3 is 0 Å². The van der Waals surface area contributed by atoms with Gasteiger partial charge in [-0.25, -0.2) is 0 Å². The molecule has 3 heterocycles. The molecule has 164 valence electrons. The van der Waals surface area contributed by atoms with E-state index in [-0.39, 0.29) is 30.0 Å². The Morgan fingerprint density at radius 3 is 2.52 bits per heavy atom. The van der Waals surface area contributed by atoms with Crippen LogP contribution >= 0.6 is 0 Å². The van der Waals surface area contributed by atoms with Crippen LogP contribution in [0.1, 0.15) is 50.7 Å². The van der Waals surface area contributed by atoms with Crippen LogP contribution in [0.15, 0.2) is 41.0 Å². The first-order chi connectivity index (χ1) is 15.0. The monoisotopic (exact) mass is 425 g/mol. The molecule has 2 aliphatic heterocycles. The number of fused-ring (bicyclic) bond motifs is 1. The summed E-state index contributed by atoms with van der Waals surface area (Å²) in [6, 6.07) is 8.27. The van der Waals surface area contributed by atoms with Crippen LogP contribution in [-0.2, 0) is 11.3 Å². The fourth-order valence-corrected chi connectivity index (χ4v) is 4.13. The number of nitrogens with zero attached hydrogens (tertiary/aromatic N) is 2. The van der Waals surface area contributed by atoms with E-state index in [2.05, 4.69) is 24.1 Å². The summed E-state index contributed by atoms with van der Waals surface area (Å²) in [5.41, 5.74) is 0.920. The fourth-order valence-electron chi connectivity index (χ4n) is 4.13. The van der Waals surface area contributed by atoms with E-state index in [9.17, 15) is 14.4 Å². The quantitative estimate of drug-likeness (QED) is 0.684. The highest BCUT2D eigenvalue weighted by Gasteiger charge is 2.36. The summed E-state index contributed by atoms with van der Waals surface area (Å²) in [6.07, 6.45) is 1.50. The molecule has 1 aromatic heterocycles. The Bertz CT molecular complexity index is 964. The van der Waals surface area contributed by atoms with E-state index in [4.69, 9.17) is 9.15 Å². The number of morpholine rings is 1. The second kappa shape index (κ2) is 9.03. The first kappa shape index (κ1) is 21.3. The third-order valence-corrected chi connectivity index (χ3v) is 5.88. The van der Waals surface area contributed by atoms with E-state index >= 15 is 0 Å². The van der Waals surface area contributed by atoms with Crippen LogP contribution in [0, 0.1) is 5.92 Å². The van der Waals surface area contributed by atoms with E-state index in [0.717, 1.165) is 18.0 Å². The van der Waals surface area contributed by atoms with Crippen LogP contribution in [0.4, 0.5) is 0 Å². The average molecular weight is 425 g/mol. The predicted molar refractivity (Wildman–Crippen MR) is 113 cm³/mol. The summed E-state index contributed by atoms with van der Waals surface area (Å²) in [7, 11) is 0. The zero-order valence-electron chi connectivity index (χ0n) is 17.8. The Hall–Kier alpha value is -2.97. The van der Waals surface area contributed by atoms with Crippen molar-refractivity contribution in [2.24, 2.45) is 5.92 Å². The van der Waals surface area contributed by atoms with Gasteiger partial charge in [-0.05, 0) is 36.2 Å². The number of nitrogens with one attached hydrogen (secondary N) is 1. The lowest BCUT2D eigenvalue weighted by molar-refractivity contribution is 0.00672. The normalized spacial score (nSPS) is 17.8. The van der Waals surface area contributed by atoms with Gasteiger partial charge in [-0.2, -0.15) is 0 Å². The zero-order valence-corrected chi connectivity index (χ0v) is 17.8. The van der Waals surface area contributed by atoms with Gasteiger partial charge in [-0.15, -0.1) is 0 Å². The number of carbonyl (C=O) groups is 3. The molecule has 0 bridgehead atoms. The number of imide groups is 1. The molecule has 0 radical (unpaired) electrons. The lowest BCUT2D eigenvalue weighted by atomic mass is 10.0. The molecular formula is C23H27N3O5. The summed E-state index contributed by atoms with van der Waals surface area (Å²) < 4.78 is 10.7. The minimum absolute atomic E-state index is 0.0660. The first-order valence-corrected chi connectivity index (χ1v) is 10.6. The van der Waals surface area contributed by atoms with Crippen molar-refractivity contribution in [1.29, 1.82) is 0 Å². The molecule has 0 aliphatic carbocycles. The van der Waals surface area contributed by atoms with Gasteiger partial charge in [0.15, 0.2) is 0 Å². The lowest BCUT2D eigenvalue weighted by Crippen LogP contribution is -2.51. The molecule has 4 rings (SSSR count). The number of amides is 3. The summed E-state index contributed by atoms with van der Waals surface area (Å²) in [5.74, 6) is -0.162. The van der Waals surface area contributed by atoms with Crippen LogP contribution in [0.25, 0.3) is 0 Å². The number of benzene rings is 1. The molecule has 31 heavy (non-hydrogen) atoms.